The lowest BCUT2D eigenvalue weighted by Crippen LogP contribution is -2.14. The summed E-state index contributed by atoms with van der Waals surface area (Å²) in [4.78, 5) is 16.8. The van der Waals surface area contributed by atoms with Gasteiger partial charge in [-0.15, -0.1) is 10.2 Å². The molecule has 0 aliphatic heterocycles. The Bertz CT molecular complexity index is 1370. The number of hydrogen-bond acceptors (Lipinski definition) is 7. The Kier molecular flexibility index (Phi) is 5.70. The highest BCUT2D eigenvalue weighted by Gasteiger charge is 2.18. The number of furan rings is 1. The topological polar surface area (TPSA) is 85.8 Å². The summed E-state index contributed by atoms with van der Waals surface area (Å²) in [6.45, 7) is 0.539. The number of carbonyl (C=O) groups is 1. The van der Waals surface area contributed by atoms with E-state index in [-0.39, 0.29) is 17.5 Å². The Labute approximate surface area is 190 Å². The smallest absolute Gasteiger partial charge is 0.236 e. The van der Waals surface area contributed by atoms with Crippen molar-refractivity contribution in [1.29, 1.82) is 0 Å². The first-order valence-corrected chi connectivity index (χ1v) is 11.5. The number of halogens is 1. The first-order valence-electron chi connectivity index (χ1n) is 9.65. The summed E-state index contributed by atoms with van der Waals surface area (Å²) < 4.78 is 21.5. The van der Waals surface area contributed by atoms with Crippen LogP contribution in [0, 0.1) is 5.82 Å². The molecule has 10 heteroatoms. The van der Waals surface area contributed by atoms with Crippen LogP contribution in [0.5, 0.6) is 0 Å². The largest absolute Gasteiger partial charge is 0.461 e. The maximum atomic E-state index is 13.4. The van der Waals surface area contributed by atoms with Crippen molar-refractivity contribution in [1.82, 2.24) is 19.7 Å². The van der Waals surface area contributed by atoms with E-state index in [1.54, 1.807) is 18.4 Å². The second-order valence-corrected chi connectivity index (χ2v) is 8.80. The number of rotatable bonds is 7. The van der Waals surface area contributed by atoms with E-state index in [9.17, 15) is 9.18 Å². The number of anilines is 1. The van der Waals surface area contributed by atoms with Crippen molar-refractivity contribution in [2.75, 3.05) is 11.1 Å². The highest BCUT2D eigenvalue weighted by Crippen LogP contribution is 2.28. The fourth-order valence-electron chi connectivity index (χ4n) is 3.13. The van der Waals surface area contributed by atoms with Crippen LogP contribution in [0.3, 0.4) is 0 Å². The molecule has 0 radical (unpaired) electrons. The van der Waals surface area contributed by atoms with E-state index in [0.29, 0.717) is 38.6 Å². The predicted molar refractivity (Wildman–Crippen MR) is 122 cm³/mol. The van der Waals surface area contributed by atoms with Gasteiger partial charge < -0.3 is 9.73 Å². The van der Waals surface area contributed by atoms with Crippen LogP contribution < -0.4 is 5.32 Å². The molecular formula is C22H16FN5O2S2. The van der Waals surface area contributed by atoms with E-state index in [1.807, 2.05) is 41.0 Å². The number of benzene rings is 2. The molecule has 32 heavy (non-hydrogen) atoms. The van der Waals surface area contributed by atoms with Crippen LogP contribution in [0.15, 0.2) is 76.5 Å². The van der Waals surface area contributed by atoms with Crippen LogP contribution in [0.1, 0.15) is 5.56 Å². The number of hydrogen-bond donors (Lipinski definition) is 1. The maximum Gasteiger partial charge on any atom is 0.236 e. The summed E-state index contributed by atoms with van der Waals surface area (Å²) in [5.74, 6) is 0.750. The molecular weight excluding hydrogens is 449 g/mol. The summed E-state index contributed by atoms with van der Waals surface area (Å²) in [7, 11) is 0. The molecule has 0 aliphatic carbocycles. The van der Waals surface area contributed by atoms with Gasteiger partial charge in [0.2, 0.25) is 11.7 Å². The Morgan fingerprint density at radius 2 is 2.00 bits per heavy atom. The third kappa shape index (κ3) is 4.41. The molecule has 160 valence electrons. The van der Waals surface area contributed by atoms with E-state index < -0.39 is 0 Å². The van der Waals surface area contributed by atoms with Crippen LogP contribution in [0.2, 0.25) is 0 Å². The summed E-state index contributed by atoms with van der Waals surface area (Å²) in [5.41, 5.74) is 1.72. The highest BCUT2D eigenvalue weighted by molar-refractivity contribution is 7.99. The van der Waals surface area contributed by atoms with E-state index in [1.165, 1.54) is 35.2 Å². The molecule has 2 aromatic carbocycles. The van der Waals surface area contributed by atoms with E-state index >= 15 is 0 Å². The number of thiazole rings is 1. The number of nitrogens with one attached hydrogen (secondary N) is 1. The van der Waals surface area contributed by atoms with E-state index in [0.717, 1.165) is 5.56 Å². The first kappa shape index (κ1) is 20.4. The van der Waals surface area contributed by atoms with Gasteiger partial charge in [-0.05, 0) is 35.9 Å². The minimum atomic E-state index is -0.334. The lowest BCUT2D eigenvalue weighted by Gasteiger charge is -2.09. The van der Waals surface area contributed by atoms with Gasteiger partial charge in [0.15, 0.2) is 16.0 Å². The van der Waals surface area contributed by atoms with Gasteiger partial charge in [-0.25, -0.2) is 9.37 Å². The third-order valence-corrected chi connectivity index (χ3v) is 6.47. The molecule has 3 heterocycles. The summed E-state index contributed by atoms with van der Waals surface area (Å²) >= 11 is 2.50. The molecule has 0 atom stereocenters. The third-order valence-electron chi connectivity index (χ3n) is 4.57. The van der Waals surface area contributed by atoms with Crippen molar-refractivity contribution in [3.05, 3.63) is 78.3 Å². The van der Waals surface area contributed by atoms with Crippen molar-refractivity contribution in [3.63, 3.8) is 0 Å². The SMILES string of the molecule is O=C(CSc1nnc(-c2ccco2)n1Cc1ccccc1)Nc1nc2ccc(F)cc2s1. The molecule has 0 bridgehead atoms. The molecule has 5 rings (SSSR count). The zero-order valence-electron chi connectivity index (χ0n) is 16.6. The van der Waals surface area contributed by atoms with Gasteiger partial charge in [-0.2, -0.15) is 0 Å². The van der Waals surface area contributed by atoms with Crippen molar-refractivity contribution in [2.45, 2.75) is 11.7 Å². The Hall–Kier alpha value is -3.50. The molecule has 7 nitrogen and oxygen atoms in total. The molecule has 1 N–H and O–H groups in total. The highest BCUT2D eigenvalue weighted by atomic mass is 32.2. The van der Waals surface area contributed by atoms with E-state index in [4.69, 9.17) is 4.42 Å². The van der Waals surface area contributed by atoms with Crippen LogP contribution in [0.4, 0.5) is 9.52 Å². The lowest BCUT2D eigenvalue weighted by molar-refractivity contribution is -0.113. The van der Waals surface area contributed by atoms with E-state index in [2.05, 4.69) is 20.5 Å². The van der Waals surface area contributed by atoms with Crippen molar-refractivity contribution >= 4 is 44.4 Å². The second kappa shape index (κ2) is 8.93. The van der Waals surface area contributed by atoms with Gasteiger partial charge in [0.05, 0.1) is 28.8 Å². The Morgan fingerprint density at radius 3 is 2.81 bits per heavy atom. The van der Waals surface area contributed by atoms with Gasteiger partial charge >= 0.3 is 0 Å². The normalized spacial score (nSPS) is 11.2. The van der Waals surface area contributed by atoms with Gasteiger partial charge in [-0.3, -0.25) is 9.36 Å². The summed E-state index contributed by atoms with van der Waals surface area (Å²) in [6.07, 6.45) is 1.58. The molecule has 3 aromatic heterocycles. The summed E-state index contributed by atoms with van der Waals surface area (Å²) in [5, 5.41) is 12.3. The van der Waals surface area contributed by atoms with Gasteiger partial charge in [0.25, 0.3) is 0 Å². The molecule has 0 aliphatic rings. The molecule has 0 saturated heterocycles. The quantitative estimate of drug-likeness (QED) is 0.338. The Balaban J connectivity index is 1.32. The van der Waals surface area contributed by atoms with Gasteiger partial charge in [0.1, 0.15) is 5.82 Å². The van der Waals surface area contributed by atoms with Crippen LogP contribution in [-0.4, -0.2) is 31.4 Å². The van der Waals surface area contributed by atoms with Crippen LogP contribution in [-0.2, 0) is 11.3 Å². The molecule has 5 aromatic rings. The predicted octanol–water partition coefficient (Wildman–Crippen LogP) is 5.07. The molecule has 0 fully saturated rings. The number of fused-ring (bicyclic) bond motifs is 1. The average Bonchev–Trinajstić information content (AvgIpc) is 3.52. The average molecular weight is 466 g/mol. The first-order chi connectivity index (χ1) is 15.7. The minimum Gasteiger partial charge on any atom is -0.461 e. The zero-order valence-corrected chi connectivity index (χ0v) is 18.2. The van der Waals surface area contributed by atoms with Crippen molar-refractivity contribution in [3.8, 4) is 11.6 Å². The minimum absolute atomic E-state index is 0.120. The van der Waals surface area contributed by atoms with Gasteiger partial charge in [-0.1, -0.05) is 53.4 Å². The Morgan fingerprint density at radius 1 is 1.12 bits per heavy atom. The molecule has 0 spiro atoms. The maximum absolute atomic E-state index is 13.4. The number of amides is 1. The number of aromatic nitrogens is 4. The standard InChI is InChI=1S/C22H16FN5O2S2/c23-15-8-9-16-18(11-15)32-21(24-16)25-19(29)13-31-22-27-26-20(17-7-4-10-30-17)28(22)12-14-5-2-1-3-6-14/h1-11H,12-13H2,(H,24,25,29). The van der Waals surface area contributed by atoms with Crippen LogP contribution >= 0.6 is 23.1 Å². The number of thioether (sulfide) groups is 1. The van der Waals surface area contributed by atoms with Gasteiger partial charge in [0, 0.05) is 0 Å². The van der Waals surface area contributed by atoms with Crippen molar-refractivity contribution in [2.24, 2.45) is 0 Å². The fourth-order valence-corrected chi connectivity index (χ4v) is 4.77. The molecule has 1 amide bonds. The molecule has 0 unspecified atom stereocenters. The monoisotopic (exact) mass is 465 g/mol. The fraction of sp³-hybridized carbons (Fsp3) is 0.0909. The summed E-state index contributed by atoms with van der Waals surface area (Å²) in [6, 6.07) is 17.9. The van der Waals surface area contributed by atoms with Crippen molar-refractivity contribution < 1.29 is 13.6 Å². The second-order valence-electron chi connectivity index (χ2n) is 6.82. The molecule has 0 saturated carbocycles. The van der Waals surface area contributed by atoms with Crippen LogP contribution in [0.25, 0.3) is 21.8 Å². The lowest BCUT2D eigenvalue weighted by atomic mass is 10.2. The number of nitrogens with zero attached hydrogens (tertiary/aromatic N) is 4. The zero-order chi connectivity index (χ0) is 21.9. The number of carbonyl (C=O) groups excluding carboxylic acids is 1.